The maximum Gasteiger partial charge on any atom is 0.317 e. The van der Waals surface area contributed by atoms with Crippen molar-refractivity contribution in [2.24, 2.45) is 5.41 Å². The van der Waals surface area contributed by atoms with Crippen molar-refractivity contribution in [3.8, 4) is 0 Å². The standard InChI is InChI=1S/C16H22N2O3/c1-16(14(19)20)9-11-18(12-16)15(21)17-10-5-8-13-6-3-2-4-7-13/h2-4,6-7H,5,8-12H2,1H3,(H,17,21)(H,19,20). The number of nitrogens with one attached hydrogen (secondary N) is 1. The maximum atomic E-state index is 12.0. The number of carbonyl (C=O) groups excluding carboxylic acids is 1. The molecule has 1 aromatic carbocycles. The highest BCUT2D eigenvalue weighted by Crippen LogP contribution is 2.29. The lowest BCUT2D eigenvalue weighted by Crippen LogP contribution is -2.41. The predicted octanol–water partition coefficient (Wildman–Crippen LogP) is 2.13. The topological polar surface area (TPSA) is 69.6 Å². The molecule has 1 saturated heterocycles. The second-order valence-corrected chi connectivity index (χ2v) is 5.86. The highest BCUT2D eigenvalue weighted by molar-refractivity contribution is 5.79. The summed E-state index contributed by atoms with van der Waals surface area (Å²) in [5, 5.41) is 12.0. The van der Waals surface area contributed by atoms with Gasteiger partial charge in [-0.2, -0.15) is 0 Å². The first-order chi connectivity index (χ1) is 10.0. The Morgan fingerprint density at radius 3 is 2.67 bits per heavy atom. The van der Waals surface area contributed by atoms with Crippen molar-refractivity contribution in [2.45, 2.75) is 26.2 Å². The van der Waals surface area contributed by atoms with Crippen molar-refractivity contribution in [1.29, 1.82) is 0 Å². The second-order valence-electron chi connectivity index (χ2n) is 5.86. The van der Waals surface area contributed by atoms with Crippen LogP contribution in [0, 0.1) is 5.41 Å². The van der Waals surface area contributed by atoms with Gasteiger partial charge in [-0.1, -0.05) is 30.3 Å². The van der Waals surface area contributed by atoms with E-state index in [0.29, 0.717) is 19.5 Å². The van der Waals surface area contributed by atoms with E-state index in [9.17, 15) is 9.59 Å². The minimum atomic E-state index is -0.832. The molecule has 1 aliphatic heterocycles. The van der Waals surface area contributed by atoms with Crippen molar-refractivity contribution >= 4 is 12.0 Å². The molecule has 1 aliphatic rings. The number of carbonyl (C=O) groups is 2. The van der Waals surface area contributed by atoms with Gasteiger partial charge in [-0.15, -0.1) is 0 Å². The zero-order valence-corrected chi connectivity index (χ0v) is 12.3. The summed E-state index contributed by atoms with van der Waals surface area (Å²) in [5.74, 6) is -0.832. The molecule has 1 atom stereocenters. The van der Waals surface area contributed by atoms with Crippen LogP contribution in [0.1, 0.15) is 25.3 Å². The quantitative estimate of drug-likeness (QED) is 0.816. The van der Waals surface area contributed by atoms with Gasteiger partial charge in [0.1, 0.15) is 0 Å². The molecule has 1 fully saturated rings. The van der Waals surface area contributed by atoms with Crippen LogP contribution in [0.3, 0.4) is 0 Å². The van der Waals surface area contributed by atoms with Crippen molar-refractivity contribution < 1.29 is 14.7 Å². The van der Waals surface area contributed by atoms with Crippen LogP contribution in [0.25, 0.3) is 0 Å². The summed E-state index contributed by atoms with van der Waals surface area (Å²) in [6.07, 6.45) is 2.31. The first-order valence-electron chi connectivity index (χ1n) is 7.31. The molecule has 0 aromatic heterocycles. The Kier molecular flexibility index (Phi) is 4.83. The Balaban J connectivity index is 1.70. The van der Waals surface area contributed by atoms with Gasteiger partial charge >= 0.3 is 12.0 Å². The first-order valence-corrected chi connectivity index (χ1v) is 7.31. The van der Waals surface area contributed by atoms with Crippen LogP contribution >= 0.6 is 0 Å². The lowest BCUT2D eigenvalue weighted by Gasteiger charge is -2.20. The van der Waals surface area contributed by atoms with E-state index in [4.69, 9.17) is 5.11 Å². The number of likely N-dealkylation sites (tertiary alicyclic amines) is 1. The van der Waals surface area contributed by atoms with E-state index in [0.717, 1.165) is 12.8 Å². The van der Waals surface area contributed by atoms with Gasteiger partial charge in [0.05, 0.1) is 5.41 Å². The molecule has 21 heavy (non-hydrogen) atoms. The molecule has 2 rings (SSSR count). The van der Waals surface area contributed by atoms with Crippen LogP contribution in [0.5, 0.6) is 0 Å². The lowest BCUT2D eigenvalue weighted by atomic mass is 9.90. The van der Waals surface area contributed by atoms with Crippen LogP contribution in [-0.4, -0.2) is 41.6 Å². The molecule has 2 N–H and O–H groups in total. The maximum absolute atomic E-state index is 12.0. The number of urea groups is 1. The van der Waals surface area contributed by atoms with Gasteiger partial charge in [0.2, 0.25) is 0 Å². The van der Waals surface area contributed by atoms with Crippen LogP contribution in [-0.2, 0) is 11.2 Å². The molecule has 1 aromatic rings. The number of hydrogen-bond acceptors (Lipinski definition) is 2. The van der Waals surface area contributed by atoms with E-state index in [1.807, 2.05) is 18.2 Å². The summed E-state index contributed by atoms with van der Waals surface area (Å²) >= 11 is 0. The third kappa shape index (κ3) is 3.97. The van der Waals surface area contributed by atoms with Crippen LogP contribution < -0.4 is 5.32 Å². The van der Waals surface area contributed by atoms with Crippen molar-refractivity contribution in [3.63, 3.8) is 0 Å². The predicted molar refractivity (Wildman–Crippen MR) is 80.1 cm³/mol. The van der Waals surface area contributed by atoms with Gasteiger partial charge in [-0.05, 0) is 31.7 Å². The Labute approximate surface area is 125 Å². The lowest BCUT2D eigenvalue weighted by molar-refractivity contribution is -0.146. The number of benzene rings is 1. The van der Waals surface area contributed by atoms with Gasteiger partial charge in [-0.3, -0.25) is 4.79 Å². The highest BCUT2D eigenvalue weighted by Gasteiger charge is 2.42. The minimum Gasteiger partial charge on any atom is -0.481 e. The summed E-state index contributed by atoms with van der Waals surface area (Å²) in [4.78, 5) is 24.7. The molecule has 5 heteroatoms. The molecule has 1 heterocycles. The highest BCUT2D eigenvalue weighted by atomic mass is 16.4. The fraction of sp³-hybridized carbons (Fsp3) is 0.500. The number of hydrogen-bond donors (Lipinski definition) is 2. The molecule has 0 bridgehead atoms. The Hall–Kier alpha value is -2.04. The number of carboxylic acid groups (broad SMARTS) is 1. The van der Waals surface area contributed by atoms with Gasteiger partial charge in [0.15, 0.2) is 0 Å². The third-order valence-electron chi connectivity index (χ3n) is 4.04. The summed E-state index contributed by atoms with van der Waals surface area (Å²) in [5.41, 5.74) is 0.452. The van der Waals surface area contributed by atoms with Gasteiger partial charge in [0, 0.05) is 19.6 Å². The normalized spacial score (nSPS) is 21.3. The van der Waals surface area contributed by atoms with Crippen LogP contribution in [0.15, 0.2) is 30.3 Å². The van der Waals surface area contributed by atoms with E-state index in [1.165, 1.54) is 5.56 Å². The van der Waals surface area contributed by atoms with E-state index in [-0.39, 0.29) is 12.6 Å². The molecule has 0 spiro atoms. The molecular weight excluding hydrogens is 268 g/mol. The number of aryl methyl sites for hydroxylation is 1. The Morgan fingerprint density at radius 2 is 2.05 bits per heavy atom. The number of nitrogens with zero attached hydrogens (tertiary/aromatic N) is 1. The van der Waals surface area contributed by atoms with Crippen molar-refractivity contribution in [1.82, 2.24) is 10.2 Å². The second kappa shape index (κ2) is 6.61. The molecule has 114 valence electrons. The fourth-order valence-corrected chi connectivity index (χ4v) is 2.55. The minimum absolute atomic E-state index is 0.159. The number of carboxylic acids is 1. The molecular formula is C16H22N2O3. The molecule has 0 radical (unpaired) electrons. The van der Waals surface area contributed by atoms with E-state index >= 15 is 0 Å². The number of rotatable bonds is 5. The fourth-order valence-electron chi connectivity index (χ4n) is 2.55. The van der Waals surface area contributed by atoms with E-state index in [1.54, 1.807) is 11.8 Å². The average molecular weight is 290 g/mol. The largest absolute Gasteiger partial charge is 0.481 e. The Bertz CT molecular complexity index is 504. The smallest absolute Gasteiger partial charge is 0.317 e. The summed E-state index contributed by atoms with van der Waals surface area (Å²) in [6, 6.07) is 9.97. The molecule has 5 nitrogen and oxygen atoms in total. The molecule has 2 amide bonds. The summed E-state index contributed by atoms with van der Waals surface area (Å²) in [6.45, 7) is 3.09. The van der Waals surface area contributed by atoms with Gasteiger partial charge in [-0.25, -0.2) is 4.79 Å². The number of aliphatic carboxylic acids is 1. The Morgan fingerprint density at radius 1 is 1.33 bits per heavy atom. The summed E-state index contributed by atoms with van der Waals surface area (Å²) in [7, 11) is 0. The zero-order valence-electron chi connectivity index (χ0n) is 12.3. The monoisotopic (exact) mass is 290 g/mol. The van der Waals surface area contributed by atoms with Crippen molar-refractivity contribution in [2.75, 3.05) is 19.6 Å². The van der Waals surface area contributed by atoms with Crippen LogP contribution in [0.4, 0.5) is 4.79 Å². The summed E-state index contributed by atoms with van der Waals surface area (Å²) < 4.78 is 0. The zero-order chi connectivity index (χ0) is 15.3. The van der Waals surface area contributed by atoms with E-state index < -0.39 is 11.4 Å². The molecule has 1 unspecified atom stereocenters. The molecule has 0 saturated carbocycles. The molecule has 0 aliphatic carbocycles. The first kappa shape index (κ1) is 15.4. The van der Waals surface area contributed by atoms with Crippen molar-refractivity contribution in [3.05, 3.63) is 35.9 Å². The average Bonchev–Trinajstić information content (AvgIpc) is 2.89. The van der Waals surface area contributed by atoms with Gasteiger partial charge < -0.3 is 15.3 Å². The third-order valence-corrected chi connectivity index (χ3v) is 4.04. The van der Waals surface area contributed by atoms with Gasteiger partial charge in [0.25, 0.3) is 0 Å². The van der Waals surface area contributed by atoms with Crippen LogP contribution in [0.2, 0.25) is 0 Å². The van der Waals surface area contributed by atoms with E-state index in [2.05, 4.69) is 17.4 Å². The SMILES string of the molecule is CC1(C(=O)O)CCN(C(=O)NCCCc2ccccc2)C1. The number of amides is 2.